The van der Waals surface area contributed by atoms with Crippen LogP contribution in [0.15, 0.2) is 22.6 Å². The number of fused-ring (bicyclic) bond motifs is 1. The lowest BCUT2D eigenvalue weighted by atomic mass is 10.3. The van der Waals surface area contributed by atoms with Gasteiger partial charge >= 0.3 is 0 Å². The second kappa shape index (κ2) is 5.11. The molecule has 0 saturated heterocycles. The number of hydrogen-bond acceptors (Lipinski definition) is 4. The fourth-order valence-corrected chi connectivity index (χ4v) is 3.49. The summed E-state index contributed by atoms with van der Waals surface area (Å²) < 4.78 is 4.38. The lowest BCUT2D eigenvalue weighted by molar-refractivity contribution is 0.419. The fourth-order valence-electron chi connectivity index (χ4n) is 2.55. The molecule has 0 fully saturated rings. The molecule has 21 heavy (non-hydrogen) atoms. The van der Waals surface area contributed by atoms with Gasteiger partial charge in [-0.3, -0.25) is 14.0 Å². The third-order valence-electron chi connectivity index (χ3n) is 3.70. The molecule has 0 N–H and O–H groups in total. The zero-order valence-electron chi connectivity index (χ0n) is 12.6. The van der Waals surface area contributed by atoms with Crippen LogP contribution in [-0.4, -0.2) is 19.3 Å². The Morgan fingerprint density at radius 3 is 2.76 bits per heavy atom. The van der Waals surface area contributed by atoms with Gasteiger partial charge in [-0.15, -0.1) is 11.3 Å². The number of hydrogen-bond donors (Lipinski definition) is 0. The van der Waals surface area contributed by atoms with E-state index in [2.05, 4.69) is 10.1 Å². The highest BCUT2D eigenvalue weighted by Gasteiger charge is 2.14. The number of aryl methyl sites for hydroxylation is 3. The van der Waals surface area contributed by atoms with Gasteiger partial charge in [-0.25, -0.2) is 4.98 Å². The first kappa shape index (κ1) is 14.0. The van der Waals surface area contributed by atoms with E-state index in [1.165, 1.54) is 11.3 Å². The van der Waals surface area contributed by atoms with Crippen molar-refractivity contribution < 1.29 is 0 Å². The lowest BCUT2D eigenvalue weighted by Crippen LogP contribution is -2.26. The van der Waals surface area contributed by atoms with Gasteiger partial charge in [-0.05, 0) is 44.7 Å². The molecule has 0 spiro atoms. The molecule has 0 aromatic carbocycles. The van der Waals surface area contributed by atoms with Crippen molar-refractivity contribution in [1.82, 2.24) is 19.3 Å². The molecule has 0 unspecified atom stereocenters. The Bertz CT molecular complexity index is 858. The highest BCUT2D eigenvalue weighted by molar-refractivity contribution is 7.17. The Morgan fingerprint density at radius 1 is 1.33 bits per heavy atom. The number of nitrogens with zero attached hydrogens (tertiary/aromatic N) is 4. The van der Waals surface area contributed by atoms with Crippen molar-refractivity contribution in [2.75, 3.05) is 0 Å². The van der Waals surface area contributed by atoms with Crippen LogP contribution in [0.4, 0.5) is 0 Å². The van der Waals surface area contributed by atoms with Crippen LogP contribution in [0.3, 0.4) is 0 Å². The molecule has 110 valence electrons. The van der Waals surface area contributed by atoms with Crippen molar-refractivity contribution in [3.63, 3.8) is 0 Å². The molecule has 3 rings (SSSR count). The van der Waals surface area contributed by atoms with Crippen LogP contribution in [-0.2, 0) is 6.54 Å². The van der Waals surface area contributed by atoms with Gasteiger partial charge in [0.05, 0.1) is 30.1 Å². The summed E-state index contributed by atoms with van der Waals surface area (Å²) in [6, 6.07) is 2.05. The predicted molar refractivity (Wildman–Crippen MR) is 85.0 cm³/mol. The quantitative estimate of drug-likeness (QED) is 0.747. The molecular formula is C15H18N4OS. The first-order chi connectivity index (χ1) is 9.97. The van der Waals surface area contributed by atoms with Gasteiger partial charge in [0, 0.05) is 5.69 Å². The maximum atomic E-state index is 12.6. The Hall–Kier alpha value is -1.95. The smallest absolute Gasteiger partial charge is 0.271 e. The summed E-state index contributed by atoms with van der Waals surface area (Å²) in [5, 5.41) is 6.44. The van der Waals surface area contributed by atoms with Crippen LogP contribution in [0, 0.1) is 20.8 Å². The van der Waals surface area contributed by atoms with E-state index in [-0.39, 0.29) is 11.6 Å². The van der Waals surface area contributed by atoms with E-state index in [1.54, 1.807) is 10.9 Å². The molecule has 0 bridgehead atoms. The minimum atomic E-state index is 0.00908. The van der Waals surface area contributed by atoms with Crippen molar-refractivity contribution in [2.45, 2.75) is 40.3 Å². The zero-order valence-corrected chi connectivity index (χ0v) is 13.4. The second-order valence-electron chi connectivity index (χ2n) is 5.51. The minimum Gasteiger partial charge on any atom is -0.293 e. The van der Waals surface area contributed by atoms with Gasteiger partial charge in [0.1, 0.15) is 4.70 Å². The van der Waals surface area contributed by atoms with Gasteiger partial charge < -0.3 is 0 Å². The van der Waals surface area contributed by atoms with Gasteiger partial charge in [0.25, 0.3) is 5.56 Å². The summed E-state index contributed by atoms with van der Waals surface area (Å²) in [5.74, 6) is 0. The van der Waals surface area contributed by atoms with E-state index in [9.17, 15) is 4.79 Å². The molecule has 6 heteroatoms. The monoisotopic (exact) mass is 302 g/mol. The topological polar surface area (TPSA) is 52.7 Å². The third kappa shape index (κ3) is 2.40. The van der Waals surface area contributed by atoms with Crippen LogP contribution in [0.1, 0.15) is 29.9 Å². The van der Waals surface area contributed by atoms with Crippen LogP contribution >= 0.6 is 11.3 Å². The standard InChI is InChI=1S/C15H18N4OS/c1-9-7-21-14-13(9)16-8-18(15(14)20)12(4)6-19-11(3)5-10(2)17-19/h5,7-8,12H,6H2,1-4H3/t12-/m0/s1. The first-order valence-corrected chi connectivity index (χ1v) is 7.81. The van der Waals surface area contributed by atoms with Crippen LogP contribution in [0.5, 0.6) is 0 Å². The summed E-state index contributed by atoms with van der Waals surface area (Å²) in [6.45, 7) is 8.67. The average Bonchev–Trinajstić information content (AvgIpc) is 2.94. The van der Waals surface area contributed by atoms with E-state index in [0.717, 1.165) is 27.2 Å². The van der Waals surface area contributed by atoms with Crippen LogP contribution in [0.2, 0.25) is 0 Å². The van der Waals surface area contributed by atoms with E-state index < -0.39 is 0 Å². The molecule has 0 saturated carbocycles. The molecule has 5 nitrogen and oxygen atoms in total. The molecule has 0 aliphatic heterocycles. The van der Waals surface area contributed by atoms with Crippen molar-refractivity contribution in [3.8, 4) is 0 Å². The predicted octanol–water partition coefficient (Wildman–Crippen LogP) is 2.84. The minimum absolute atomic E-state index is 0.00908. The highest BCUT2D eigenvalue weighted by atomic mass is 32.1. The maximum Gasteiger partial charge on any atom is 0.271 e. The van der Waals surface area contributed by atoms with Crippen molar-refractivity contribution in [3.05, 3.63) is 45.1 Å². The Kier molecular flexibility index (Phi) is 3.41. The lowest BCUT2D eigenvalue weighted by Gasteiger charge is -2.15. The molecule has 1 atom stereocenters. The maximum absolute atomic E-state index is 12.6. The van der Waals surface area contributed by atoms with Gasteiger partial charge in [-0.1, -0.05) is 0 Å². The van der Waals surface area contributed by atoms with Gasteiger partial charge in [0.15, 0.2) is 0 Å². The van der Waals surface area contributed by atoms with E-state index in [0.29, 0.717) is 6.54 Å². The Balaban J connectivity index is 1.98. The third-order valence-corrected chi connectivity index (χ3v) is 4.77. The molecule has 0 radical (unpaired) electrons. The summed E-state index contributed by atoms with van der Waals surface area (Å²) in [5.41, 5.74) is 4.01. The van der Waals surface area contributed by atoms with E-state index in [1.807, 2.05) is 43.8 Å². The second-order valence-corrected chi connectivity index (χ2v) is 6.39. The Labute approximate surface area is 126 Å². The summed E-state index contributed by atoms with van der Waals surface area (Å²) in [7, 11) is 0. The van der Waals surface area contributed by atoms with Crippen molar-refractivity contribution in [2.24, 2.45) is 0 Å². The van der Waals surface area contributed by atoms with Crippen molar-refractivity contribution >= 4 is 21.6 Å². The van der Waals surface area contributed by atoms with E-state index >= 15 is 0 Å². The summed E-state index contributed by atoms with van der Waals surface area (Å²) >= 11 is 1.47. The summed E-state index contributed by atoms with van der Waals surface area (Å²) in [6.07, 6.45) is 1.65. The first-order valence-electron chi connectivity index (χ1n) is 6.93. The molecule has 0 aliphatic carbocycles. The molecule has 0 amide bonds. The zero-order chi connectivity index (χ0) is 15.1. The molecule has 0 aliphatic rings. The van der Waals surface area contributed by atoms with Crippen LogP contribution in [0.25, 0.3) is 10.2 Å². The SMILES string of the molecule is Cc1cc(C)n(C[C@H](C)n2cnc3c(C)csc3c2=O)n1. The van der Waals surface area contributed by atoms with Gasteiger partial charge in [-0.2, -0.15) is 5.10 Å². The number of rotatable bonds is 3. The molecule has 3 aromatic heterocycles. The largest absolute Gasteiger partial charge is 0.293 e. The summed E-state index contributed by atoms with van der Waals surface area (Å²) in [4.78, 5) is 17.0. The number of thiophene rings is 1. The fraction of sp³-hybridized carbons (Fsp3) is 0.400. The van der Waals surface area contributed by atoms with Crippen molar-refractivity contribution in [1.29, 1.82) is 0 Å². The normalized spacial score (nSPS) is 13.0. The van der Waals surface area contributed by atoms with E-state index in [4.69, 9.17) is 0 Å². The highest BCUT2D eigenvalue weighted by Crippen LogP contribution is 2.20. The molecule has 3 aromatic rings. The molecular weight excluding hydrogens is 284 g/mol. The van der Waals surface area contributed by atoms with Crippen LogP contribution < -0.4 is 5.56 Å². The van der Waals surface area contributed by atoms with Gasteiger partial charge in [0.2, 0.25) is 0 Å². The average molecular weight is 302 g/mol. The molecule has 3 heterocycles. The Morgan fingerprint density at radius 2 is 2.10 bits per heavy atom. The number of aromatic nitrogens is 4.